The third kappa shape index (κ3) is 4.19. The monoisotopic (exact) mass is 460 g/mol. The minimum absolute atomic E-state index is 0.264. The van der Waals surface area contributed by atoms with E-state index in [2.05, 4.69) is 32.9 Å². The maximum atomic E-state index is 12.6. The number of halogens is 1. The van der Waals surface area contributed by atoms with Crippen LogP contribution in [0.3, 0.4) is 0 Å². The van der Waals surface area contributed by atoms with E-state index in [1.165, 1.54) is 7.11 Å². The second kappa shape index (κ2) is 8.27. The van der Waals surface area contributed by atoms with Crippen LogP contribution in [-0.2, 0) is 16.0 Å². The second-order valence-electron chi connectivity index (χ2n) is 5.73. The molecule has 0 aliphatic heterocycles. The number of nitrogens with zero attached hydrogens (tertiary/aromatic N) is 1. The number of carbonyl (C=O) groups is 2. The number of carbonyl (C=O) groups excluding carboxylic acids is 2. The molecule has 0 saturated heterocycles. The molecule has 132 valence electrons. The molecule has 3 rings (SSSR count). The zero-order chi connectivity index (χ0) is 18.5. The lowest BCUT2D eigenvalue weighted by molar-refractivity contribution is -0.142. The molecule has 1 heterocycles. The minimum atomic E-state index is -0.781. The number of ether oxygens (including phenoxy) is 1. The molecule has 1 N–H and O–H groups in total. The Morgan fingerprint density at radius 1 is 1.08 bits per heavy atom. The average Bonchev–Trinajstić information content (AvgIpc) is 2.68. The molecule has 26 heavy (non-hydrogen) atoms. The molecule has 0 aliphatic carbocycles. The van der Waals surface area contributed by atoms with Crippen LogP contribution >= 0.6 is 22.6 Å². The lowest BCUT2D eigenvalue weighted by Crippen LogP contribution is -2.43. The number of rotatable bonds is 5. The lowest BCUT2D eigenvalue weighted by Gasteiger charge is -2.17. The van der Waals surface area contributed by atoms with Gasteiger partial charge >= 0.3 is 5.97 Å². The number of benzene rings is 2. The Kier molecular flexibility index (Phi) is 5.82. The fourth-order valence-corrected chi connectivity index (χ4v) is 3.25. The molecule has 0 saturated carbocycles. The van der Waals surface area contributed by atoms with Crippen molar-refractivity contribution in [2.75, 3.05) is 7.11 Å². The van der Waals surface area contributed by atoms with Crippen LogP contribution in [0.4, 0.5) is 0 Å². The Hall–Kier alpha value is -2.48. The molecule has 0 radical (unpaired) electrons. The Labute approximate surface area is 164 Å². The van der Waals surface area contributed by atoms with Gasteiger partial charge in [-0.25, -0.2) is 9.78 Å². The number of methoxy groups -OCH3 is 1. The van der Waals surface area contributed by atoms with Gasteiger partial charge in [0.05, 0.1) is 12.6 Å². The molecule has 0 fully saturated rings. The molecule has 5 nitrogen and oxygen atoms in total. The van der Waals surface area contributed by atoms with Gasteiger partial charge in [0.1, 0.15) is 11.7 Å². The molecule has 6 heteroatoms. The van der Waals surface area contributed by atoms with Crippen molar-refractivity contribution >= 4 is 45.4 Å². The van der Waals surface area contributed by atoms with Crippen LogP contribution in [0.1, 0.15) is 16.1 Å². The minimum Gasteiger partial charge on any atom is -0.467 e. The molecule has 0 unspecified atom stereocenters. The van der Waals surface area contributed by atoms with Gasteiger partial charge in [0.25, 0.3) is 5.91 Å². The van der Waals surface area contributed by atoms with E-state index >= 15 is 0 Å². The number of esters is 1. The Balaban J connectivity index is 1.82. The van der Waals surface area contributed by atoms with Crippen LogP contribution in [0, 0.1) is 3.57 Å². The summed E-state index contributed by atoms with van der Waals surface area (Å²) in [5, 5.41) is 3.70. The smallest absolute Gasteiger partial charge is 0.328 e. The number of aromatic nitrogens is 1. The lowest BCUT2D eigenvalue weighted by atomic mass is 10.1. The highest BCUT2D eigenvalue weighted by atomic mass is 127. The number of amides is 1. The Morgan fingerprint density at radius 3 is 2.58 bits per heavy atom. The number of nitrogens with one attached hydrogen (secondary N) is 1. The van der Waals surface area contributed by atoms with Gasteiger partial charge in [-0.05, 0) is 46.4 Å². The van der Waals surface area contributed by atoms with Crippen molar-refractivity contribution < 1.29 is 14.3 Å². The summed E-state index contributed by atoms with van der Waals surface area (Å²) in [6.07, 6.45) is 0.352. The average molecular weight is 460 g/mol. The predicted octanol–water partition coefficient (Wildman–Crippen LogP) is 3.35. The molecule has 1 amide bonds. The first-order valence-electron chi connectivity index (χ1n) is 8.06. The molecule has 0 aliphatic rings. The number of hydrogen-bond donors (Lipinski definition) is 1. The van der Waals surface area contributed by atoms with Gasteiger partial charge in [-0.3, -0.25) is 4.79 Å². The van der Waals surface area contributed by atoms with Crippen LogP contribution in [0.25, 0.3) is 10.9 Å². The highest BCUT2D eigenvalue weighted by Gasteiger charge is 2.24. The van der Waals surface area contributed by atoms with E-state index in [0.29, 0.717) is 6.42 Å². The molecular formula is C20H17IN2O3. The first-order valence-corrected chi connectivity index (χ1v) is 9.14. The predicted molar refractivity (Wildman–Crippen MR) is 108 cm³/mol. The molecule has 1 atom stereocenters. The molecule has 1 aromatic heterocycles. The van der Waals surface area contributed by atoms with E-state index in [1.54, 1.807) is 6.07 Å². The molecular weight excluding hydrogens is 443 g/mol. The van der Waals surface area contributed by atoms with E-state index in [9.17, 15) is 9.59 Å². The van der Waals surface area contributed by atoms with Crippen molar-refractivity contribution in [3.63, 3.8) is 0 Å². The summed E-state index contributed by atoms with van der Waals surface area (Å²) in [5.41, 5.74) is 1.96. The fourth-order valence-electron chi connectivity index (χ4n) is 2.64. The topological polar surface area (TPSA) is 68.3 Å². The highest BCUT2D eigenvalue weighted by Crippen LogP contribution is 2.15. The normalized spacial score (nSPS) is 11.8. The van der Waals surface area contributed by atoms with E-state index in [4.69, 9.17) is 4.74 Å². The van der Waals surface area contributed by atoms with Gasteiger partial charge in [-0.15, -0.1) is 0 Å². The van der Waals surface area contributed by atoms with Crippen LogP contribution in [0.2, 0.25) is 0 Å². The van der Waals surface area contributed by atoms with Gasteiger partial charge < -0.3 is 10.1 Å². The summed E-state index contributed by atoms with van der Waals surface area (Å²) >= 11 is 2.21. The maximum absolute atomic E-state index is 12.6. The number of fused-ring (bicyclic) bond motifs is 1. The van der Waals surface area contributed by atoms with Gasteiger partial charge in [0.15, 0.2) is 0 Å². The first kappa shape index (κ1) is 18.3. The highest BCUT2D eigenvalue weighted by molar-refractivity contribution is 14.1. The van der Waals surface area contributed by atoms with E-state index in [0.717, 1.165) is 20.0 Å². The fraction of sp³-hybridized carbons (Fsp3) is 0.150. The van der Waals surface area contributed by atoms with Crippen LogP contribution in [0.5, 0.6) is 0 Å². The standard InChI is InChI=1S/C20H17IN2O3/c1-26-20(25)18(12-14-7-2-4-8-15(14)21)23-19(24)17-11-10-13-6-3-5-9-16(13)22-17/h2-11,18H,12H2,1H3,(H,23,24)/t18-/m0/s1. The van der Waals surface area contributed by atoms with Gasteiger partial charge in [-0.1, -0.05) is 42.5 Å². The zero-order valence-electron chi connectivity index (χ0n) is 14.1. The Bertz CT molecular complexity index is 958. The number of hydrogen-bond acceptors (Lipinski definition) is 4. The van der Waals surface area contributed by atoms with Crippen LogP contribution in [0.15, 0.2) is 60.7 Å². The number of para-hydroxylation sites is 1. The summed E-state index contributed by atoms with van der Waals surface area (Å²) in [6.45, 7) is 0. The second-order valence-corrected chi connectivity index (χ2v) is 6.90. The molecule has 3 aromatic rings. The third-order valence-corrected chi connectivity index (χ3v) is 5.06. The SMILES string of the molecule is COC(=O)[C@H](Cc1ccccc1I)NC(=O)c1ccc2ccccc2n1. The van der Waals surface area contributed by atoms with Crippen LogP contribution in [-0.4, -0.2) is 30.0 Å². The van der Waals surface area contributed by atoms with Gasteiger partial charge in [0, 0.05) is 15.4 Å². The van der Waals surface area contributed by atoms with Crippen molar-refractivity contribution in [1.29, 1.82) is 0 Å². The maximum Gasteiger partial charge on any atom is 0.328 e. The van der Waals surface area contributed by atoms with Gasteiger partial charge in [0.2, 0.25) is 0 Å². The van der Waals surface area contributed by atoms with Gasteiger partial charge in [-0.2, -0.15) is 0 Å². The van der Waals surface area contributed by atoms with Crippen molar-refractivity contribution in [3.05, 3.63) is 75.5 Å². The third-order valence-electron chi connectivity index (χ3n) is 4.00. The molecule has 0 spiro atoms. The Morgan fingerprint density at radius 2 is 1.81 bits per heavy atom. The first-order chi connectivity index (χ1) is 12.6. The zero-order valence-corrected chi connectivity index (χ0v) is 16.3. The van der Waals surface area contributed by atoms with E-state index < -0.39 is 17.9 Å². The van der Waals surface area contributed by atoms with E-state index in [1.807, 2.05) is 54.6 Å². The van der Waals surface area contributed by atoms with Crippen molar-refractivity contribution in [2.24, 2.45) is 0 Å². The molecule has 2 aromatic carbocycles. The summed E-state index contributed by atoms with van der Waals surface area (Å²) in [7, 11) is 1.31. The van der Waals surface area contributed by atoms with Crippen LogP contribution < -0.4 is 5.32 Å². The van der Waals surface area contributed by atoms with Crippen molar-refractivity contribution in [3.8, 4) is 0 Å². The van der Waals surface area contributed by atoms with E-state index in [-0.39, 0.29) is 5.69 Å². The van der Waals surface area contributed by atoms with Crippen molar-refractivity contribution in [1.82, 2.24) is 10.3 Å². The quantitative estimate of drug-likeness (QED) is 0.469. The summed E-state index contributed by atoms with van der Waals surface area (Å²) in [4.78, 5) is 29.1. The largest absolute Gasteiger partial charge is 0.467 e. The summed E-state index contributed by atoms with van der Waals surface area (Å²) in [5.74, 6) is -0.893. The van der Waals surface area contributed by atoms with Crippen molar-refractivity contribution in [2.45, 2.75) is 12.5 Å². The molecule has 0 bridgehead atoms. The number of pyridine rings is 1. The summed E-state index contributed by atoms with van der Waals surface area (Å²) in [6, 6.07) is 18.0. The summed E-state index contributed by atoms with van der Waals surface area (Å²) < 4.78 is 5.88.